The number of phenolic OH excluding ortho intramolecular Hbond substituents is 4. The van der Waals surface area contributed by atoms with E-state index in [1.165, 1.54) is 30.3 Å². The van der Waals surface area contributed by atoms with E-state index in [0.29, 0.717) is 5.56 Å². The van der Waals surface area contributed by atoms with Crippen LogP contribution in [0.15, 0.2) is 36.1 Å². The Morgan fingerprint density at radius 3 is 2.33 bits per heavy atom. The average Bonchev–Trinajstić information content (AvgIpc) is 2.98. The molecule has 0 aliphatic carbocycles. The van der Waals surface area contributed by atoms with Gasteiger partial charge in [0.15, 0.2) is 17.6 Å². The summed E-state index contributed by atoms with van der Waals surface area (Å²) in [7, 11) is 0. The molecule has 0 bridgehead atoms. The molecule has 2 heterocycles. The molecule has 0 radical (unpaired) electrons. The molecule has 2 aromatic carbocycles. The Bertz CT molecular complexity index is 988. The minimum absolute atomic E-state index is 0.0448. The van der Waals surface area contributed by atoms with E-state index in [1.807, 2.05) is 0 Å². The molecular formula is C20H20O10. The molecule has 30 heavy (non-hydrogen) atoms. The Kier molecular flexibility index (Phi) is 5.08. The minimum atomic E-state index is -1.47. The Balaban J connectivity index is 1.74. The molecule has 7 N–H and O–H groups in total. The fourth-order valence-corrected chi connectivity index (χ4v) is 3.37. The molecule has 10 heteroatoms. The highest BCUT2D eigenvalue weighted by Gasteiger charge is 2.45. The summed E-state index contributed by atoms with van der Waals surface area (Å²) in [6.45, 7) is -0.536. The van der Waals surface area contributed by atoms with Crippen molar-refractivity contribution in [3.8, 4) is 28.7 Å². The lowest BCUT2D eigenvalue weighted by Gasteiger charge is -2.30. The first-order valence-electron chi connectivity index (χ1n) is 9.03. The van der Waals surface area contributed by atoms with Gasteiger partial charge < -0.3 is 50.0 Å². The van der Waals surface area contributed by atoms with Crippen molar-refractivity contribution in [2.24, 2.45) is 0 Å². The molecule has 1 saturated heterocycles. The van der Waals surface area contributed by atoms with Crippen LogP contribution < -0.4 is 4.74 Å². The molecular weight excluding hydrogens is 400 g/mol. The first-order chi connectivity index (χ1) is 14.3. The Labute approximate surface area is 170 Å². The number of benzene rings is 2. The third-order valence-electron chi connectivity index (χ3n) is 4.95. The zero-order valence-electron chi connectivity index (χ0n) is 15.4. The van der Waals surface area contributed by atoms with Crippen molar-refractivity contribution in [1.29, 1.82) is 0 Å². The van der Waals surface area contributed by atoms with Crippen LogP contribution in [0, 0.1) is 0 Å². The summed E-state index contributed by atoms with van der Waals surface area (Å²) < 4.78 is 16.9. The number of hydrogen-bond donors (Lipinski definition) is 7. The molecule has 0 spiro atoms. The largest absolute Gasteiger partial charge is 0.508 e. The summed E-state index contributed by atoms with van der Waals surface area (Å²) in [5.41, 5.74) is 0.533. The van der Waals surface area contributed by atoms with Crippen molar-refractivity contribution >= 4 is 6.08 Å². The van der Waals surface area contributed by atoms with Gasteiger partial charge in [-0.25, -0.2) is 0 Å². The smallest absolute Gasteiger partial charge is 0.228 e. The quantitative estimate of drug-likeness (QED) is 0.345. The van der Waals surface area contributed by atoms with E-state index in [2.05, 4.69) is 0 Å². The number of rotatable bonds is 4. The van der Waals surface area contributed by atoms with Gasteiger partial charge in [0, 0.05) is 17.7 Å². The number of fused-ring (bicyclic) bond motifs is 1. The molecule has 2 aliphatic rings. The van der Waals surface area contributed by atoms with E-state index >= 15 is 0 Å². The minimum Gasteiger partial charge on any atom is -0.508 e. The highest BCUT2D eigenvalue weighted by atomic mass is 16.7. The second-order valence-corrected chi connectivity index (χ2v) is 6.99. The number of phenols is 4. The van der Waals surface area contributed by atoms with Gasteiger partial charge in [0.2, 0.25) is 6.29 Å². The maximum absolute atomic E-state index is 10.2. The van der Waals surface area contributed by atoms with E-state index < -0.39 is 43.1 Å². The Hall–Kier alpha value is -3.18. The zero-order valence-corrected chi connectivity index (χ0v) is 15.4. The molecule has 1 fully saturated rings. The molecule has 10 nitrogen and oxygen atoms in total. The van der Waals surface area contributed by atoms with Gasteiger partial charge in [0.05, 0.1) is 12.2 Å². The van der Waals surface area contributed by atoms with Crippen LogP contribution in [-0.2, 0) is 9.47 Å². The highest BCUT2D eigenvalue weighted by Crippen LogP contribution is 2.45. The standard InChI is InChI=1S/C20H20O10/c21-7-16-17(26)18(27)20(30-16)29-15-6-10-12(24)4-9(22)5-14(10)28-19(15)8-1-2-11(23)13(25)3-8/h1-6,16-27H,7H2/t16-,17-,18+,19?,20+/m0/s1. The summed E-state index contributed by atoms with van der Waals surface area (Å²) in [6.07, 6.45) is -4.86. The zero-order chi connectivity index (χ0) is 21.6. The van der Waals surface area contributed by atoms with Crippen molar-refractivity contribution in [3.05, 3.63) is 47.2 Å². The summed E-state index contributed by atoms with van der Waals surface area (Å²) in [5.74, 6) is -1.12. The first kappa shape index (κ1) is 20.1. The summed E-state index contributed by atoms with van der Waals surface area (Å²) >= 11 is 0. The normalized spacial score (nSPS) is 27.8. The van der Waals surface area contributed by atoms with E-state index in [-0.39, 0.29) is 34.3 Å². The van der Waals surface area contributed by atoms with Crippen molar-refractivity contribution < 1.29 is 50.0 Å². The fraction of sp³-hybridized carbons (Fsp3) is 0.300. The van der Waals surface area contributed by atoms with Crippen molar-refractivity contribution in [3.63, 3.8) is 0 Å². The number of hydrogen-bond acceptors (Lipinski definition) is 10. The van der Waals surface area contributed by atoms with Gasteiger partial charge in [-0.15, -0.1) is 0 Å². The van der Waals surface area contributed by atoms with Gasteiger partial charge in [-0.1, -0.05) is 6.07 Å². The number of aliphatic hydroxyl groups is 3. The van der Waals surface area contributed by atoms with Gasteiger partial charge in [-0.3, -0.25) is 0 Å². The number of ether oxygens (including phenoxy) is 3. The van der Waals surface area contributed by atoms with E-state index in [4.69, 9.17) is 14.2 Å². The van der Waals surface area contributed by atoms with Crippen molar-refractivity contribution in [2.75, 3.05) is 6.61 Å². The van der Waals surface area contributed by atoms with Crippen LogP contribution in [-0.4, -0.2) is 67.0 Å². The summed E-state index contributed by atoms with van der Waals surface area (Å²) in [4.78, 5) is 0. The lowest BCUT2D eigenvalue weighted by atomic mass is 10.0. The maximum atomic E-state index is 10.2. The fourth-order valence-electron chi connectivity index (χ4n) is 3.37. The molecule has 0 amide bonds. The van der Waals surface area contributed by atoms with Gasteiger partial charge in [-0.05, 0) is 18.2 Å². The third-order valence-corrected chi connectivity index (χ3v) is 4.95. The second kappa shape index (κ2) is 7.58. The predicted octanol–water partition coefficient (Wildman–Crippen LogP) is 0.439. The van der Waals surface area contributed by atoms with E-state index in [9.17, 15) is 35.7 Å². The summed E-state index contributed by atoms with van der Waals surface area (Å²) in [6, 6.07) is 6.33. The van der Waals surface area contributed by atoms with Crippen LogP contribution in [0.3, 0.4) is 0 Å². The summed E-state index contributed by atoms with van der Waals surface area (Å²) in [5, 5.41) is 68.7. The Morgan fingerprint density at radius 2 is 1.67 bits per heavy atom. The molecule has 5 atom stereocenters. The molecule has 1 unspecified atom stereocenters. The number of aliphatic hydroxyl groups excluding tert-OH is 3. The van der Waals surface area contributed by atoms with Crippen molar-refractivity contribution in [2.45, 2.75) is 30.7 Å². The van der Waals surface area contributed by atoms with Crippen molar-refractivity contribution in [1.82, 2.24) is 0 Å². The third kappa shape index (κ3) is 3.46. The molecule has 160 valence electrons. The van der Waals surface area contributed by atoms with E-state index in [1.54, 1.807) is 0 Å². The highest BCUT2D eigenvalue weighted by molar-refractivity contribution is 5.69. The van der Waals surface area contributed by atoms with Gasteiger partial charge >= 0.3 is 0 Å². The molecule has 2 aliphatic heterocycles. The molecule has 0 aromatic heterocycles. The topological polar surface area (TPSA) is 169 Å². The SMILES string of the molecule is OC[C@@H]1O[C@@H](OC2=Cc3c(O)cc(O)cc3OC2c2ccc(O)c(O)c2)[C@H](O)[C@H]1O. The van der Waals surface area contributed by atoms with Gasteiger partial charge in [0.1, 0.15) is 41.3 Å². The Morgan fingerprint density at radius 1 is 0.900 bits per heavy atom. The molecule has 2 aromatic rings. The van der Waals surface area contributed by atoms with Crippen LogP contribution in [0.5, 0.6) is 28.7 Å². The van der Waals surface area contributed by atoms with Crippen LogP contribution >= 0.6 is 0 Å². The molecule has 0 saturated carbocycles. The van der Waals surface area contributed by atoms with Gasteiger partial charge in [-0.2, -0.15) is 0 Å². The molecule has 4 rings (SSSR count). The lowest BCUT2D eigenvalue weighted by molar-refractivity contribution is -0.154. The maximum Gasteiger partial charge on any atom is 0.228 e. The number of aromatic hydroxyl groups is 4. The lowest BCUT2D eigenvalue weighted by Crippen LogP contribution is -2.35. The van der Waals surface area contributed by atoms with E-state index in [0.717, 1.165) is 6.07 Å². The average molecular weight is 420 g/mol. The van der Waals surface area contributed by atoms with Crippen LogP contribution in [0.2, 0.25) is 0 Å². The van der Waals surface area contributed by atoms with Gasteiger partial charge in [0.25, 0.3) is 0 Å². The predicted molar refractivity (Wildman–Crippen MR) is 99.7 cm³/mol. The van der Waals surface area contributed by atoms with Crippen LogP contribution in [0.25, 0.3) is 6.08 Å². The monoisotopic (exact) mass is 420 g/mol. The van der Waals surface area contributed by atoms with Crippen LogP contribution in [0.4, 0.5) is 0 Å². The first-order valence-corrected chi connectivity index (χ1v) is 9.03. The second-order valence-electron chi connectivity index (χ2n) is 6.99. The van der Waals surface area contributed by atoms with Crippen LogP contribution in [0.1, 0.15) is 17.2 Å².